The second-order valence-corrected chi connectivity index (χ2v) is 4.79. The Morgan fingerprint density at radius 3 is 2.88 bits per heavy atom. The van der Waals surface area contributed by atoms with Crippen molar-refractivity contribution in [3.05, 3.63) is 35.9 Å². The van der Waals surface area contributed by atoms with Crippen LogP contribution >= 0.6 is 11.8 Å². The van der Waals surface area contributed by atoms with Crippen molar-refractivity contribution in [1.29, 1.82) is 0 Å². The van der Waals surface area contributed by atoms with Gasteiger partial charge in [0.25, 0.3) is 7.41 Å². The summed E-state index contributed by atoms with van der Waals surface area (Å²) in [4.78, 5) is 11.8. The van der Waals surface area contributed by atoms with Crippen LogP contribution in [0.25, 0.3) is 0 Å². The van der Waals surface area contributed by atoms with Crippen LogP contribution in [0, 0.1) is 0 Å². The SMILES string of the molecule is C\C=C/C=C(BNC(=O)[C@@H]1CSCN1)\C=C/C. The summed E-state index contributed by atoms with van der Waals surface area (Å²) in [6.07, 6.45) is 9.95. The summed E-state index contributed by atoms with van der Waals surface area (Å²) < 4.78 is 0. The quantitative estimate of drug-likeness (QED) is 0.568. The van der Waals surface area contributed by atoms with Crippen LogP contribution in [0.2, 0.25) is 0 Å². The number of amides is 1. The molecule has 1 aliphatic rings. The van der Waals surface area contributed by atoms with Gasteiger partial charge >= 0.3 is 0 Å². The maximum absolute atomic E-state index is 11.8. The van der Waals surface area contributed by atoms with Crippen LogP contribution in [0.3, 0.4) is 0 Å². The molecule has 0 unspecified atom stereocenters. The first kappa shape index (κ1) is 14.1. The van der Waals surface area contributed by atoms with Gasteiger partial charge in [0, 0.05) is 11.6 Å². The summed E-state index contributed by atoms with van der Waals surface area (Å²) in [6, 6.07) is -0.0337. The van der Waals surface area contributed by atoms with Gasteiger partial charge in [0.05, 0.1) is 6.04 Å². The lowest BCUT2D eigenvalue weighted by molar-refractivity contribution is -0.120. The minimum Gasteiger partial charge on any atom is -0.396 e. The molecule has 0 radical (unpaired) electrons. The molecule has 17 heavy (non-hydrogen) atoms. The van der Waals surface area contributed by atoms with Crippen LogP contribution < -0.4 is 10.5 Å². The van der Waals surface area contributed by atoms with E-state index in [0.717, 1.165) is 17.1 Å². The molecule has 5 heteroatoms. The molecule has 1 rings (SSSR count). The molecule has 0 bridgehead atoms. The third kappa shape index (κ3) is 5.28. The van der Waals surface area contributed by atoms with Crippen LogP contribution in [-0.2, 0) is 4.79 Å². The van der Waals surface area contributed by atoms with Crippen molar-refractivity contribution >= 4 is 25.1 Å². The van der Waals surface area contributed by atoms with E-state index in [4.69, 9.17) is 0 Å². The van der Waals surface area contributed by atoms with Gasteiger partial charge in [0.2, 0.25) is 5.91 Å². The van der Waals surface area contributed by atoms with Crippen molar-refractivity contribution in [3.63, 3.8) is 0 Å². The Kier molecular flexibility index (Phi) is 6.81. The average Bonchev–Trinajstić information content (AvgIpc) is 2.86. The van der Waals surface area contributed by atoms with Crippen LogP contribution in [0.15, 0.2) is 35.9 Å². The lowest BCUT2D eigenvalue weighted by Crippen LogP contribution is -2.43. The Morgan fingerprint density at radius 1 is 1.47 bits per heavy atom. The van der Waals surface area contributed by atoms with Crippen LogP contribution in [-0.4, -0.2) is 31.0 Å². The minimum absolute atomic E-state index is 0.0337. The molecular formula is C12H19BN2OS. The molecule has 0 aliphatic carbocycles. The number of carbonyl (C=O) groups is 1. The fraction of sp³-hybridized carbons (Fsp3) is 0.417. The van der Waals surface area contributed by atoms with Gasteiger partial charge in [-0.3, -0.25) is 10.1 Å². The molecule has 1 aliphatic heterocycles. The minimum atomic E-state index is -0.0337. The highest BCUT2D eigenvalue weighted by atomic mass is 32.2. The van der Waals surface area contributed by atoms with Gasteiger partial charge < -0.3 is 5.23 Å². The average molecular weight is 250 g/mol. The van der Waals surface area contributed by atoms with E-state index < -0.39 is 0 Å². The molecule has 1 saturated heterocycles. The van der Waals surface area contributed by atoms with Crippen molar-refractivity contribution in [1.82, 2.24) is 10.5 Å². The standard InChI is InChI=1S/C12H19BN2OS/c1-3-5-7-10(6-4-2)13-15-12(16)11-8-17-9-14-11/h3-7,11,13-14H,8-9H2,1-2H3,(H,15,16)/b5-3-,6-4-,10-7+/t11-/m0/s1. The van der Waals surface area contributed by atoms with E-state index in [0.29, 0.717) is 7.41 Å². The molecule has 1 heterocycles. The Bertz CT molecular complexity index is 333. The molecule has 0 spiro atoms. The number of rotatable bonds is 5. The second kappa shape index (κ2) is 8.20. The van der Waals surface area contributed by atoms with Gasteiger partial charge in [-0.15, -0.1) is 11.8 Å². The van der Waals surface area contributed by atoms with Gasteiger partial charge in [0.1, 0.15) is 0 Å². The van der Waals surface area contributed by atoms with E-state index in [2.05, 4.69) is 10.5 Å². The molecule has 0 aromatic heterocycles. The number of carbonyl (C=O) groups excluding carboxylic acids is 1. The summed E-state index contributed by atoms with van der Waals surface area (Å²) in [7, 11) is 0.580. The molecular weight excluding hydrogens is 231 g/mol. The molecule has 92 valence electrons. The summed E-state index contributed by atoms with van der Waals surface area (Å²) >= 11 is 1.76. The number of thioether (sulfide) groups is 1. The molecule has 0 aromatic carbocycles. The number of nitrogens with one attached hydrogen (secondary N) is 2. The van der Waals surface area contributed by atoms with Crippen molar-refractivity contribution in [2.45, 2.75) is 19.9 Å². The highest BCUT2D eigenvalue weighted by Crippen LogP contribution is 2.09. The summed E-state index contributed by atoms with van der Waals surface area (Å²) in [5.41, 5.74) is 1.10. The molecule has 2 N–H and O–H groups in total. The number of hydrogen-bond donors (Lipinski definition) is 2. The highest BCUT2D eigenvalue weighted by molar-refractivity contribution is 7.99. The van der Waals surface area contributed by atoms with Crippen molar-refractivity contribution < 1.29 is 4.79 Å². The van der Waals surface area contributed by atoms with E-state index in [-0.39, 0.29) is 11.9 Å². The predicted octanol–water partition coefficient (Wildman–Crippen LogP) is 1.15. The smallest absolute Gasteiger partial charge is 0.269 e. The molecule has 1 fully saturated rings. The van der Waals surface area contributed by atoms with Crippen molar-refractivity contribution in [2.75, 3.05) is 11.6 Å². The number of hydrogen-bond acceptors (Lipinski definition) is 3. The summed E-state index contributed by atoms with van der Waals surface area (Å²) in [5.74, 6) is 1.82. The van der Waals surface area contributed by atoms with E-state index in [1.54, 1.807) is 11.8 Å². The van der Waals surface area contributed by atoms with E-state index in [9.17, 15) is 4.79 Å². The fourth-order valence-corrected chi connectivity index (χ4v) is 2.43. The van der Waals surface area contributed by atoms with Crippen molar-refractivity contribution in [2.24, 2.45) is 0 Å². The lowest BCUT2D eigenvalue weighted by Gasteiger charge is -2.09. The first-order valence-electron chi connectivity index (χ1n) is 5.81. The molecule has 0 saturated carbocycles. The van der Waals surface area contributed by atoms with Gasteiger partial charge in [-0.1, -0.05) is 35.9 Å². The highest BCUT2D eigenvalue weighted by Gasteiger charge is 2.21. The van der Waals surface area contributed by atoms with Crippen LogP contribution in [0.5, 0.6) is 0 Å². The molecule has 1 amide bonds. The topological polar surface area (TPSA) is 41.1 Å². The second-order valence-electron chi connectivity index (χ2n) is 3.76. The zero-order valence-electron chi connectivity index (χ0n) is 10.4. The first-order chi connectivity index (χ1) is 8.27. The van der Waals surface area contributed by atoms with Crippen molar-refractivity contribution in [3.8, 4) is 0 Å². The first-order valence-corrected chi connectivity index (χ1v) is 6.96. The normalized spacial score (nSPS) is 21.3. The van der Waals surface area contributed by atoms with E-state index in [1.807, 2.05) is 44.2 Å². The third-order valence-electron chi connectivity index (χ3n) is 2.38. The molecule has 1 atom stereocenters. The fourth-order valence-electron chi connectivity index (χ4n) is 1.48. The third-order valence-corrected chi connectivity index (χ3v) is 3.32. The van der Waals surface area contributed by atoms with Crippen LogP contribution in [0.4, 0.5) is 0 Å². The Balaban J connectivity index is 2.43. The maximum atomic E-state index is 11.8. The zero-order chi connectivity index (χ0) is 12.5. The molecule has 0 aromatic rings. The van der Waals surface area contributed by atoms with Gasteiger partial charge in [0.15, 0.2) is 0 Å². The van der Waals surface area contributed by atoms with E-state index >= 15 is 0 Å². The largest absolute Gasteiger partial charge is 0.396 e. The monoisotopic (exact) mass is 250 g/mol. The van der Waals surface area contributed by atoms with Gasteiger partial charge in [-0.25, -0.2) is 0 Å². The summed E-state index contributed by atoms with van der Waals surface area (Å²) in [6.45, 7) is 3.95. The van der Waals surface area contributed by atoms with Crippen LogP contribution in [0.1, 0.15) is 13.8 Å². The number of allylic oxidation sites excluding steroid dienone is 6. The Hall–Kier alpha value is -0.935. The van der Waals surface area contributed by atoms with Gasteiger partial charge in [-0.05, 0) is 13.8 Å². The zero-order valence-corrected chi connectivity index (χ0v) is 11.2. The van der Waals surface area contributed by atoms with E-state index in [1.165, 1.54) is 0 Å². The molecule has 3 nitrogen and oxygen atoms in total. The predicted molar refractivity (Wildman–Crippen MR) is 77.3 cm³/mol. The lowest BCUT2D eigenvalue weighted by atomic mass is 9.81. The maximum Gasteiger partial charge on any atom is 0.269 e. The Labute approximate surface area is 108 Å². The summed E-state index contributed by atoms with van der Waals surface area (Å²) in [5, 5.41) is 6.10. The Morgan fingerprint density at radius 2 is 2.29 bits per heavy atom. The van der Waals surface area contributed by atoms with Gasteiger partial charge in [-0.2, -0.15) is 0 Å².